The molecule has 0 aliphatic carbocycles. The first-order chi connectivity index (χ1) is 6.91. The molecule has 0 aliphatic heterocycles. The molecule has 0 radical (unpaired) electrons. The number of aliphatic hydroxyl groups is 1. The minimum atomic E-state index is -1.11. The summed E-state index contributed by atoms with van der Waals surface area (Å²) in [5, 5.41) is 9.34. The molecule has 4 heteroatoms. The van der Waals surface area contributed by atoms with Gasteiger partial charge in [-0.2, -0.15) is 0 Å². The Balaban J connectivity index is 2.92. The Morgan fingerprint density at radius 1 is 1.47 bits per heavy atom. The Bertz CT molecular complexity index is 367. The van der Waals surface area contributed by atoms with Crippen LogP contribution in [0.5, 0.6) is 0 Å². The Morgan fingerprint density at radius 2 is 1.93 bits per heavy atom. The summed E-state index contributed by atoms with van der Waals surface area (Å²) in [6.07, 6.45) is -0.838. The predicted molar refractivity (Wildman–Crippen MR) is 62.5 cm³/mol. The molecular weight excluding hydrogens is 258 g/mol. The van der Waals surface area contributed by atoms with Gasteiger partial charge in [0.1, 0.15) is 6.10 Å². The van der Waals surface area contributed by atoms with Crippen molar-refractivity contribution >= 4 is 21.8 Å². The Hall–Kier alpha value is -0.870. The Kier molecular flexibility index (Phi) is 3.88. The van der Waals surface area contributed by atoms with Crippen LogP contribution in [0.1, 0.15) is 16.7 Å². The lowest BCUT2D eigenvalue weighted by Crippen LogP contribution is -2.30. The lowest BCUT2D eigenvalue weighted by Gasteiger charge is -2.10. The molecule has 0 saturated carbocycles. The van der Waals surface area contributed by atoms with Crippen LogP contribution >= 0.6 is 15.9 Å². The lowest BCUT2D eigenvalue weighted by molar-refractivity contribution is -0.125. The minimum absolute atomic E-state index is 0.268. The highest BCUT2D eigenvalue weighted by Crippen LogP contribution is 2.23. The van der Waals surface area contributed by atoms with Gasteiger partial charge in [-0.05, 0) is 30.5 Å². The molecule has 0 fully saturated rings. The standard InChI is InChI=1S/C11H14BrNO2/c1-6-3-8(4-7(2)10(6)12)5-9(14)11(13)15/h3-4,9,14H,5H2,1-2H3,(H2,13,15). The first-order valence-corrected chi connectivity index (χ1v) is 5.44. The molecular formula is C11H14BrNO2. The summed E-state index contributed by atoms with van der Waals surface area (Å²) in [6, 6.07) is 3.87. The van der Waals surface area contributed by atoms with Crippen LogP contribution < -0.4 is 5.73 Å². The van der Waals surface area contributed by atoms with Crippen molar-refractivity contribution in [1.82, 2.24) is 0 Å². The summed E-state index contributed by atoms with van der Waals surface area (Å²) in [4.78, 5) is 10.7. The highest BCUT2D eigenvalue weighted by molar-refractivity contribution is 9.10. The number of benzene rings is 1. The highest BCUT2D eigenvalue weighted by Gasteiger charge is 2.12. The summed E-state index contributed by atoms with van der Waals surface area (Å²) < 4.78 is 1.06. The van der Waals surface area contributed by atoms with E-state index >= 15 is 0 Å². The average Bonchev–Trinajstić information content (AvgIpc) is 2.13. The molecule has 3 N–H and O–H groups in total. The molecule has 0 saturated heterocycles. The number of hydrogen-bond donors (Lipinski definition) is 2. The van der Waals surface area contributed by atoms with Crippen LogP contribution in [-0.2, 0) is 11.2 Å². The third-order valence-electron chi connectivity index (χ3n) is 2.25. The quantitative estimate of drug-likeness (QED) is 0.874. The van der Waals surface area contributed by atoms with E-state index in [-0.39, 0.29) is 6.42 Å². The predicted octanol–water partition coefficient (Wildman–Crippen LogP) is 1.45. The molecule has 0 spiro atoms. The molecule has 15 heavy (non-hydrogen) atoms. The van der Waals surface area contributed by atoms with E-state index in [1.807, 2.05) is 26.0 Å². The topological polar surface area (TPSA) is 63.3 Å². The smallest absolute Gasteiger partial charge is 0.246 e. The van der Waals surface area contributed by atoms with Gasteiger partial charge in [0.2, 0.25) is 5.91 Å². The molecule has 0 heterocycles. The van der Waals surface area contributed by atoms with E-state index < -0.39 is 12.0 Å². The fraction of sp³-hybridized carbons (Fsp3) is 0.364. The van der Waals surface area contributed by atoms with Crippen molar-refractivity contribution in [2.45, 2.75) is 26.4 Å². The number of rotatable bonds is 3. The van der Waals surface area contributed by atoms with Crippen LogP contribution in [0.4, 0.5) is 0 Å². The summed E-state index contributed by atoms with van der Waals surface area (Å²) >= 11 is 3.45. The van der Waals surface area contributed by atoms with Gasteiger partial charge in [0.15, 0.2) is 0 Å². The Morgan fingerprint density at radius 3 is 2.33 bits per heavy atom. The van der Waals surface area contributed by atoms with E-state index in [0.717, 1.165) is 21.2 Å². The van der Waals surface area contributed by atoms with Gasteiger partial charge in [0.05, 0.1) is 0 Å². The summed E-state index contributed by atoms with van der Waals surface area (Å²) in [6.45, 7) is 3.94. The number of hydrogen-bond acceptors (Lipinski definition) is 2. The van der Waals surface area contributed by atoms with Gasteiger partial charge in [-0.25, -0.2) is 0 Å². The van der Waals surface area contributed by atoms with E-state index in [2.05, 4.69) is 15.9 Å². The number of primary amides is 1. The van der Waals surface area contributed by atoms with E-state index in [4.69, 9.17) is 5.73 Å². The molecule has 1 unspecified atom stereocenters. The monoisotopic (exact) mass is 271 g/mol. The van der Waals surface area contributed by atoms with E-state index in [1.54, 1.807) is 0 Å². The number of carbonyl (C=O) groups is 1. The SMILES string of the molecule is Cc1cc(CC(O)C(N)=O)cc(C)c1Br. The van der Waals surface area contributed by atoms with Crippen molar-refractivity contribution < 1.29 is 9.90 Å². The van der Waals surface area contributed by atoms with E-state index in [0.29, 0.717) is 0 Å². The molecule has 0 aromatic heterocycles. The largest absolute Gasteiger partial charge is 0.383 e. The van der Waals surface area contributed by atoms with Crippen LogP contribution in [0.2, 0.25) is 0 Å². The number of aryl methyl sites for hydroxylation is 2. The van der Waals surface area contributed by atoms with Gasteiger partial charge in [0.25, 0.3) is 0 Å². The first-order valence-electron chi connectivity index (χ1n) is 4.65. The first kappa shape index (κ1) is 12.2. The summed E-state index contributed by atoms with van der Waals surface area (Å²) in [5.74, 6) is -0.687. The van der Waals surface area contributed by atoms with Crippen molar-refractivity contribution in [3.05, 3.63) is 33.3 Å². The third kappa shape index (κ3) is 3.04. The van der Waals surface area contributed by atoms with Crippen molar-refractivity contribution in [1.29, 1.82) is 0 Å². The molecule has 1 amide bonds. The fourth-order valence-electron chi connectivity index (χ4n) is 1.48. The number of aliphatic hydroxyl groups excluding tert-OH is 1. The summed E-state index contributed by atoms with van der Waals surface area (Å²) in [5.41, 5.74) is 8.08. The second-order valence-corrected chi connectivity index (χ2v) is 4.46. The molecule has 82 valence electrons. The van der Waals surface area contributed by atoms with Crippen LogP contribution in [0.3, 0.4) is 0 Å². The van der Waals surface area contributed by atoms with Crippen LogP contribution in [0, 0.1) is 13.8 Å². The van der Waals surface area contributed by atoms with Gasteiger partial charge in [0, 0.05) is 10.9 Å². The minimum Gasteiger partial charge on any atom is -0.383 e. The molecule has 0 aliphatic rings. The van der Waals surface area contributed by atoms with E-state index in [1.165, 1.54) is 0 Å². The molecule has 3 nitrogen and oxygen atoms in total. The number of carbonyl (C=O) groups excluding carboxylic acids is 1. The van der Waals surface area contributed by atoms with Crippen molar-refractivity contribution in [2.24, 2.45) is 5.73 Å². The molecule has 1 rings (SSSR count). The maximum Gasteiger partial charge on any atom is 0.246 e. The van der Waals surface area contributed by atoms with Gasteiger partial charge < -0.3 is 10.8 Å². The average molecular weight is 272 g/mol. The maximum atomic E-state index is 10.7. The van der Waals surface area contributed by atoms with Gasteiger partial charge in [-0.1, -0.05) is 28.1 Å². The normalized spacial score (nSPS) is 12.5. The zero-order valence-electron chi connectivity index (χ0n) is 8.75. The second-order valence-electron chi connectivity index (χ2n) is 3.67. The van der Waals surface area contributed by atoms with Gasteiger partial charge in [-0.15, -0.1) is 0 Å². The second kappa shape index (κ2) is 4.77. The van der Waals surface area contributed by atoms with Crippen molar-refractivity contribution in [2.75, 3.05) is 0 Å². The van der Waals surface area contributed by atoms with Crippen LogP contribution in [0.15, 0.2) is 16.6 Å². The molecule has 0 bridgehead atoms. The number of amides is 1. The van der Waals surface area contributed by atoms with Crippen LogP contribution in [0.25, 0.3) is 0 Å². The Labute approximate surface area is 97.4 Å². The fourth-order valence-corrected chi connectivity index (χ4v) is 1.71. The molecule has 1 aromatic carbocycles. The van der Waals surface area contributed by atoms with Gasteiger partial charge >= 0.3 is 0 Å². The zero-order valence-corrected chi connectivity index (χ0v) is 10.3. The van der Waals surface area contributed by atoms with E-state index in [9.17, 15) is 9.90 Å². The number of nitrogens with two attached hydrogens (primary N) is 1. The maximum absolute atomic E-state index is 10.7. The lowest BCUT2D eigenvalue weighted by atomic mass is 10.0. The molecule has 1 atom stereocenters. The highest BCUT2D eigenvalue weighted by atomic mass is 79.9. The third-order valence-corrected chi connectivity index (χ3v) is 3.50. The number of halogens is 1. The molecule has 1 aromatic rings. The van der Waals surface area contributed by atoms with Crippen molar-refractivity contribution in [3.8, 4) is 0 Å². The van der Waals surface area contributed by atoms with Crippen molar-refractivity contribution in [3.63, 3.8) is 0 Å². The van der Waals surface area contributed by atoms with Crippen LogP contribution in [-0.4, -0.2) is 17.1 Å². The summed E-state index contributed by atoms with van der Waals surface area (Å²) in [7, 11) is 0. The zero-order chi connectivity index (χ0) is 11.6. The van der Waals surface area contributed by atoms with Gasteiger partial charge in [-0.3, -0.25) is 4.79 Å².